The molecule has 0 saturated carbocycles. The summed E-state index contributed by atoms with van der Waals surface area (Å²) < 4.78 is 25.7. The number of nitrogens with one attached hydrogen (secondary N) is 1. The second kappa shape index (κ2) is 10.5. The van der Waals surface area contributed by atoms with Gasteiger partial charge in [0, 0.05) is 40.6 Å². The SMILES string of the molecule is CCOCCOC(=O)C1=C(C)NC2=C(C(=O)C[C@@H](c3ccc(Cl)cc3)C2)[C@H]1c1ccccc1F. The molecule has 178 valence electrons. The number of ether oxygens (including phenoxy) is 2. The zero-order valence-corrected chi connectivity index (χ0v) is 20.0. The third kappa shape index (κ3) is 4.93. The highest BCUT2D eigenvalue weighted by Crippen LogP contribution is 2.46. The molecule has 0 amide bonds. The molecule has 4 rings (SSSR count). The largest absolute Gasteiger partial charge is 0.460 e. The summed E-state index contributed by atoms with van der Waals surface area (Å²) in [5.41, 5.74) is 3.24. The molecule has 0 spiro atoms. The molecule has 1 heterocycles. The summed E-state index contributed by atoms with van der Waals surface area (Å²) in [6, 6.07) is 13.7. The topological polar surface area (TPSA) is 64.6 Å². The van der Waals surface area contributed by atoms with Gasteiger partial charge in [-0.25, -0.2) is 9.18 Å². The summed E-state index contributed by atoms with van der Waals surface area (Å²) in [4.78, 5) is 26.6. The average molecular weight is 484 g/mol. The van der Waals surface area contributed by atoms with Crippen LogP contribution < -0.4 is 5.32 Å². The highest BCUT2D eigenvalue weighted by molar-refractivity contribution is 6.30. The van der Waals surface area contributed by atoms with Crippen LogP contribution in [-0.4, -0.2) is 31.6 Å². The molecule has 5 nitrogen and oxygen atoms in total. The molecule has 0 fully saturated rings. The summed E-state index contributed by atoms with van der Waals surface area (Å²) in [6.45, 7) is 4.47. The molecule has 1 aliphatic carbocycles. The summed E-state index contributed by atoms with van der Waals surface area (Å²) >= 11 is 6.03. The number of ketones is 1. The van der Waals surface area contributed by atoms with Crippen LogP contribution in [0.3, 0.4) is 0 Å². The number of carbonyl (C=O) groups is 2. The highest BCUT2D eigenvalue weighted by Gasteiger charge is 2.42. The minimum Gasteiger partial charge on any atom is -0.460 e. The first-order valence-corrected chi connectivity index (χ1v) is 11.8. The number of dihydropyridines is 1. The van der Waals surface area contributed by atoms with E-state index >= 15 is 0 Å². The van der Waals surface area contributed by atoms with Gasteiger partial charge in [0.15, 0.2) is 5.78 Å². The fourth-order valence-electron chi connectivity index (χ4n) is 4.72. The standard InChI is InChI=1S/C27H27ClFNO4/c1-3-33-12-13-34-27(32)24-16(2)30-22-14-18(17-8-10-19(28)11-9-17)15-23(31)26(22)25(24)20-6-4-5-7-21(20)29/h4-11,18,25,30H,3,12-15H2,1-2H3/t18-,25-/m0/s1. The van der Waals surface area contributed by atoms with Crippen molar-refractivity contribution in [2.45, 2.75) is 38.5 Å². The van der Waals surface area contributed by atoms with Crippen LogP contribution in [0.4, 0.5) is 4.39 Å². The molecule has 2 aromatic carbocycles. The van der Waals surface area contributed by atoms with Crippen LogP contribution in [0.15, 0.2) is 71.1 Å². The summed E-state index contributed by atoms with van der Waals surface area (Å²) in [6.07, 6.45) is 0.830. The second-order valence-corrected chi connectivity index (χ2v) is 8.86. The van der Waals surface area contributed by atoms with Gasteiger partial charge in [-0.2, -0.15) is 0 Å². The Labute approximate surface area is 203 Å². The Hall–Kier alpha value is -2.96. The lowest BCUT2D eigenvalue weighted by molar-refractivity contribution is -0.140. The van der Waals surface area contributed by atoms with Crippen LogP contribution in [0.1, 0.15) is 49.7 Å². The van der Waals surface area contributed by atoms with Crippen molar-refractivity contribution in [3.63, 3.8) is 0 Å². The van der Waals surface area contributed by atoms with Gasteiger partial charge < -0.3 is 14.8 Å². The first-order chi connectivity index (χ1) is 16.4. The van der Waals surface area contributed by atoms with Crippen LogP contribution in [0.25, 0.3) is 0 Å². The van der Waals surface area contributed by atoms with Gasteiger partial charge >= 0.3 is 5.97 Å². The number of carbonyl (C=O) groups excluding carboxylic acids is 2. The Morgan fingerprint density at radius 3 is 2.56 bits per heavy atom. The van der Waals surface area contributed by atoms with Gasteiger partial charge in [0.05, 0.1) is 18.1 Å². The fraction of sp³-hybridized carbons (Fsp3) is 0.333. The maximum atomic E-state index is 15.0. The van der Waals surface area contributed by atoms with E-state index < -0.39 is 17.7 Å². The van der Waals surface area contributed by atoms with Crippen molar-refractivity contribution in [3.8, 4) is 0 Å². The number of Topliss-reactive ketones (excluding diaryl/α,β-unsaturated/α-hetero) is 1. The van der Waals surface area contributed by atoms with Crippen molar-refractivity contribution >= 4 is 23.4 Å². The van der Waals surface area contributed by atoms with Crippen LogP contribution >= 0.6 is 11.6 Å². The third-order valence-corrected chi connectivity index (χ3v) is 6.52. The molecular weight excluding hydrogens is 457 g/mol. The minimum atomic E-state index is -0.837. The van der Waals surface area contributed by atoms with E-state index in [0.717, 1.165) is 5.56 Å². The van der Waals surface area contributed by atoms with Crippen LogP contribution in [0.2, 0.25) is 5.02 Å². The average Bonchev–Trinajstić information content (AvgIpc) is 2.81. The molecule has 2 aliphatic rings. The van der Waals surface area contributed by atoms with Crippen LogP contribution in [0.5, 0.6) is 0 Å². The van der Waals surface area contributed by atoms with Crippen molar-refractivity contribution in [1.29, 1.82) is 0 Å². The predicted molar refractivity (Wildman–Crippen MR) is 128 cm³/mol. The van der Waals surface area contributed by atoms with Gasteiger partial charge in [0.1, 0.15) is 12.4 Å². The number of allylic oxidation sites excluding steroid dienone is 3. The number of hydrogen-bond acceptors (Lipinski definition) is 5. The van der Waals surface area contributed by atoms with Crippen molar-refractivity contribution in [3.05, 3.63) is 93.0 Å². The first kappa shape index (κ1) is 24.2. The van der Waals surface area contributed by atoms with Crippen molar-refractivity contribution in [2.75, 3.05) is 19.8 Å². The third-order valence-electron chi connectivity index (χ3n) is 6.27. The van der Waals surface area contributed by atoms with Gasteiger partial charge in [-0.15, -0.1) is 0 Å². The van der Waals surface area contributed by atoms with Gasteiger partial charge in [0.25, 0.3) is 0 Å². The molecule has 2 atom stereocenters. The molecule has 0 radical (unpaired) electrons. The number of benzene rings is 2. The molecule has 0 aromatic heterocycles. The zero-order valence-electron chi connectivity index (χ0n) is 19.2. The van der Waals surface area contributed by atoms with Crippen LogP contribution in [0, 0.1) is 5.82 Å². The van der Waals surface area contributed by atoms with Crippen molar-refractivity contribution in [2.24, 2.45) is 0 Å². The minimum absolute atomic E-state index is 0.0372. The molecule has 34 heavy (non-hydrogen) atoms. The van der Waals surface area contributed by atoms with E-state index in [1.165, 1.54) is 6.07 Å². The normalized spacial score (nSPS) is 20.2. The number of rotatable bonds is 7. The first-order valence-electron chi connectivity index (χ1n) is 11.4. The Kier molecular flexibility index (Phi) is 7.49. The molecule has 1 N–H and O–H groups in total. The summed E-state index contributed by atoms with van der Waals surface area (Å²) in [5.74, 6) is -2.05. The predicted octanol–water partition coefficient (Wildman–Crippen LogP) is 5.42. The van der Waals surface area contributed by atoms with Gasteiger partial charge in [-0.3, -0.25) is 4.79 Å². The number of hydrogen-bond donors (Lipinski definition) is 1. The van der Waals surface area contributed by atoms with E-state index in [9.17, 15) is 14.0 Å². The van der Waals surface area contributed by atoms with E-state index in [-0.39, 0.29) is 42.5 Å². The fourth-order valence-corrected chi connectivity index (χ4v) is 4.84. The molecule has 0 bridgehead atoms. The number of esters is 1. The lowest BCUT2D eigenvalue weighted by Gasteiger charge is -2.36. The zero-order chi connectivity index (χ0) is 24.2. The quantitative estimate of drug-likeness (QED) is 0.421. The highest BCUT2D eigenvalue weighted by atomic mass is 35.5. The molecule has 7 heteroatoms. The smallest absolute Gasteiger partial charge is 0.336 e. The molecule has 0 unspecified atom stereocenters. The number of halogens is 2. The van der Waals surface area contributed by atoms with E-state index in [2.05, 4.69) is 5.32 Å². The monoisotopic (exact) mass is 483 g/mol. The lowest BCUT2D eigenvalue weighted by Crippen LogP contribution is -2.36. The Morgan fingerprint density at radius 1 is 1.12 bits per heavy atom. The van der Waals surface area contributed by atoms with Crippen molar-refractivity contribution < 1.29 is 23.5 Å². The second-order valence-electron chi connectivity index (χ2n) is 8.42. The van der Waals surface area contributed by atoms with Gasteiger partial charge in [-0.05, 0) is 49.9 Å². The van der Waals surface area contributed by atoms with E-state index in [1.807, 2.05) is 31.2 Å². The molecule has 0 saturated heterocycles. The van der Waals surface area contributed by atoms with E-state index in [0.29, 0.717) is 35.0 Å². The Morgan fingerprint density at radius 2 is 1.85 bits per heavy atom. The lowest BCUT2D eigenvalue weighted by atomic mass is 9.71. The molecular formula is C27H27ClFNO4. The van der Waals surface area contributed by atoms with Crippen LogP contribution in [-0.2, 0) is 19.1 Å². The van der Waals surface area contributed by atoms with Gasteiger partial charge in [0.2, 0.25) is 0 Å². The van der Waals surface area contributed by atoms with E-state index in [1.54, 1.807) is 25.1 Å². The van der Waals surface area contributed by atoms with Crippen molar-refractivity contribution in [1.82, 2.24) is 5.32 Å². The Bertz CT molecular complexity index is 1160. The Balaban J connectivity index is 1.72. The maximum absolute atomic E-state index is 15.0. The van der Waals surface area contributed by atoms with Gasteiger partial charge in [-0.1, -0.05) is 41.9 Å². The summed E-state index contributed by atoms with van der Waals surface area (Å²) in [7, 11) is 0. The van der Waals surface area contributed by atoms with E-state index in [4.69, 9.17) is 21.1 Å². The molecule has 2 aromatic rings. The summed E-state index contributed by atoms with van der Waals surface area (Å²) in [5, 5.41) is 3.90. The molecule has 1 aliphatic heterocycles. The maximum Gasteiger partial charge on any atom is 0.336 e.